The van der Waals surface area contributed by atoms with Gasteiger partial charge in [0.1, 0.15) is 0 Å². The Morgan fingerprint density at radius 1 is 0.933 bits per heavy atom. The van der Waals surface area contributed by atoms with Crippen LogP contribution in [0, 0.1) is 0 Å². The largest absolute Gasteiger partial charge is 0.382 e. The molecule has 0 aliphatic heterocycles. The summed E-state index contributed by atoms with van der Waals surface area (Å²) in [6.45, 7) is 7.07. The molecule has 0 aromatic carbocycles. The first-order valence-corrected chi connectivity index (χ1v) is 6.40. The fraction of sp³-hybridized carbons (Fsp3) is 1.00. The summed E-state index contributed by atoms with van der Waals surface area (Å²) >= 11 is 4.15. The lowest BCUT2D eigenvalue weighted by atomic mass is 10.2. The van der Waals surface area contributed by atoms with Gasteiger partial charge in [0.2, 0.25) is 0 Å². The monoisotopic (exact) mass is 236 g/mol. The quantitative estimate of drug-likeness (QED) is 0.339. The van der Waals surface area contributed by atoms with Gasteiger partial charge in [0.25, 0.3) is 0 Å². The van der Waals surface area contributed by atoms with E-state index in [9.17, 15) is 0 Å². The highest BCUT2D eigenvalue weighted by molar-refractivity contribution is 7.80. The molecule has 1 unspecified atom stereocenters. The molecule has 4 heteroatoms. The summed E-state index contributed by atoms with van der Waals surface area (Å²) < 4.78 is 16.1. The number of thiol groups is 1. The van der Waals surface area contributed by atoms with E-state index in [1.54, 1.807) is 0 Å². The second kappa shape index (κ2) is 12.3. The summed E-state index contributed by atoms with van der Waals surface area (Å²) in [5.41, 5.74) is 0. The maximum Gasteiger partial charge on any atom is 0.166 e. The highest BCUT2D eigenvalue weighted by Crippen LogP contribution is 2.02. The van der Waals surface area contributed by atoms with E-state index in [0.717, 1.165) is 39.1 Å². The van der Waals surface area contributed by atoms with Gasteiger partial charge >= 0.3 is 0 Å². The molecule has 0 N–H and O–H groups in total. The molecule has 1 atom stereocenters. The summed E-state index contributed by atoms with van der Waals surface area (Å²) in [6, 6.07) is 0. The van der Waals surface area contributed by atoms with Gasteiger partial charge in [-0.2, -0.15) is 12.6 Å². The molecule has 0 radical (unpaired) electrons. The first-order chi connectivity index (χ1) is 7.35. The number of hydrogen-bond donors (Lipinski definition) is 1. The topological polar surface area (TPSA) is 27.7 Å². The summed E-state index contributed by atoms with van der Waals surface area (Å²) in [5, 5.41) is 0. The van der Waals surface area contributed by atoms with E-state index in [1.807, 2.05) is 13.8 Å². The molecule has 15 heavy (non-hydrogen) atoms. The van der Waals surface area contributed by atoms with Crippen LogP contribution in [-0.2, 0) is 14.2 Å². The van der Waals surface area contributed by atoms with Gasteiger partial charge in [-0.05, 0) is 33.1 Å². The standard InChI is InChI=1S/C11H24O3S/c1-3-12-8-6-5-7-9-14-11(10-15)13-4-2/h11,15H,3-10H2,1-2H3. The lowest BCUT2D eigenvalue weighted by Gasteiger charge is -2.15. The Balaban J connectivity index is 3.14. The van der Waals surface area contributed by atoms with Gasteiger partial charge in [-0.1, -0.05) is 0 Å². The van der Waals surface area contributed by atoms with Crippen LogP contribution in [0.4, 0.5) is 0 Å². The zero-order valence-corrected chi connectivity index (χ0v) is 10.8. The van der Waals surface area contributed by atoms with Crippen LogP contribution < -0.4 is 0 Å². The summed E-state index contributed by atoms with van der Waals surface area (Å²) in [5.74, 6) is 0.618. The maximum atomic E-state index is 5.50. The lowest BCUT2D eigenvalue weighted by Crippen LogP contribution is -2.19. The molecule has 0 aromatic rings. The van der Waals surface area contributed by atoms with E-state index in [0.29, 0.717) is 12.4 Å². The SMILES string of the molecule is CCOCCCCCOC(CS)OCC. The molecule has 0 fully saturated rings. The Bertz CT molecular complexity index is 122. The Morgan fingerprint density at radius 3 is 2.27 bits per heavy atom. The molecule has 0 rings (SSSR count). The second-order valence-corrected chi connectivity index (χ2v) is 3.56. The summed E-state index contributed by atoms with van der Waals surface area (Å²) in [6.07, 6.45) is 3.16. The minimum atomic E-state index is -0.148. The van der Waals surface area contributed by atoms with Gasteiger partial charge in [0.05, 0.1) is 0 Å². The van der Waals surface area contributed by atoms with Crippen molar-refractivity contribution in [1.29, 1.82) is 0 Å². The van der Waals surface area contributed by atoms with Gasteiger partial charge in [0, 0.05) is 32.2 Å². The van der Waals surface area contributed by atoms with Gasteiger partial charge in [-0.25, -0.2) is 0 Å². The van der Waals surface area contributed by atoms with Crippen LogP contribution in [-0.4, -0.2) is 38.5 Å². The number of unbranched alkanes of at least 4 members (excludes halogenated alkanes) is 2. The summed E-state index contributed by atoms with van der Waals surface area (Å²) in [7, 11) is 0. The third-order valence-electron chi connectivity index (χ3n) is 1.94. The molecule has 0 aliphatic rings. The average Bonchev–Trinajstić information content (AvgIpc) is 2.26. The third kappa shape index (κ3) is 10.5. The smallest absolute Gasteiger partial charge is 0.166 e. The predicted octanol–water partition coefficient (Wildman–Crippen LogP) is 2.50. The fourth-order valence-electron chi connectivity index (χ4n) is 1.18. The molecule has 0 aromatic heterocycles. The van der Waals surface area contributed by atoms with Gasteiger partial charge in [0.15, 0.2) is 6.29 Å². The van der Waals surface area contributed by atoms with E-state index >= 15 is 0 Å². The van der Waals surface area contributed by atoms with Crippen molar-refractivity contribution in [2.45, 2.75) is 39.4 Å². The minimum absolute atomic E-state index is 0.148. The molecule has 0 saturated carbocycles. The first-order valence-electron chi connectivity index (χ1n) is 5.76. The zero-order valence-electron chi connectivity index (χ0n) is 9.91. The van der Waals surface area contributed by atoms with Crippen LogP contribution in [0.25, 0.3) is 0 Å². The molecule has 0 spiro atoms. The second-order valence-electron chi connectivity index (χ2n) is 3.20. The maximum absolute atomic E-state index is 5.50. The molecule has 0 bridgehead atoms. The van der Waals surface area contributed by atoms with Crippen molar-refractivity contribution in [3.05, 3.63) is 0 Å². The van der Waals surface area contributed by atoms with Crippen molar-refractivity contribution in [2.75, 3.05) is 32.2 Å². The van der Waals surface area contributed by atoms with Crippen molar-refractivity contribution >= 4 is 12.6 Å². The van der Waals surface area contributed by atoms with E-state index in [4.69, 9.17) is 14.2 Å². The van der Waals surface area contributed by atoms with Crippen molar-refractivity contribution in [3.63, 3.8) is 0 Å². The number of hydrogen-bond acceptors (Lipinski definition) is 4. The third-order valence-corrected chi connectivity index (χ3v) is 2.24. The molecule has 0 amide bonds. The highest BCUT2D eigenvalue weighted by Gasteiger charge is 2.04. The van der Waals surface area contributed by atoms with Crippen LogP contribution in [0.1, 0.15) is 33.1 Å². The normalized spacial score (nSPS) is 13.0. The Kier molecular flexibility index (Phi) is 12.5. The molecule has 92 valence electrons. The van der Waals surface area contributed by atoms with Crippen LogP contribution >= 0.6 is 12.6 Å². The Hall–Kier alpha value is 0.230. The van der Waals surface area contributed by atoms with Crippen molar-refractivity contribution in [3.8, 4) is 0 Å². The minimum Gasteiger partial charge on any atom is -0.382 e. The van der Waals surface area contributed by atoms with Crippen molar-refractivity contribution < 1.29 is 14.2 Å². The van der Waals surface area contributed by atoms with Crippen LogP contribution in [0.2, 0.25) is 0 Å². The molecular formula is C11H24O3S. The molecule has 0 heterocycles. The van der Waals surface area contributed by atoms with Crippen molar-refractivity contribution in [2.24, 2.45) is 0 Å². The van der Waals surface area contributed by atoms with Gasteiger partial charge in [-0.3, -0.25) is 0 Å². The molecular weight excluding hydrogens is 212 g/mol. The van der Waals surface area contributed by atoms with Gasteiger partial charge in [-0.15, -0.1) is 0 Å². The summed E-state index contributed by atoms with van der Waals surface area (Å²) in [4.78, 5) is 0. The molecule has 0 aliphatic carbocycles. The molecule has 0 saturated heterocycles. The van der Waals surface area contributed by atoms with E-state index in [1.165, 1.54) is 0 Å². The highest BCUT2D eigenvalue weighted by atomic mass is 32.1. The lowest BCUT2D eigenvalue weighted by molar-refractivity contribution is -0.124. The van der Waals surface area contributed by atoms with E-state index in [2.05, 4.69) is 12.6 Å². The van der Waals surface area contributed by atoms with Gasteiger partial charge < -0.3 is 14.2 Å². The fourth-order valence-corrected chi connectivity index (χ4v) is 1.39. The average molecular weight is 236 g/mol. The number of rotatable bonds is 11. The zero-order chi connectivity index (χ0) is 11.4. The first kappa shape index (κ1) is 15.2. The Morgan fingerprint density at radius 2 is 1.67 bits per heavy atom. The Labute approximate surface area is 98.9 Å². The molecule has 3 nitrogen and oxygen atoms in total. The number of ether oxygens (including phenoxy) is 3. The van der Waals surface area contributed by atoms with Crippen LogP contribution in [0.15, 0.2) is 0 Å². The predicted molar refractivity (Wildman–Crippen MR) is 65.6 cm³/mol. The van der Waals surface area contributed by atoms with Crippen LogP contribution in [0.5, 0.6) is 0 Å². The van der Waals surface area contributed by atoms with Crippen LogP contribution in [0.3, 0.4) is 0 Å². The van der Waals surface area contributed by atoms with Crippen molar-refractivity contribution in [1.82, 2.24) is 0 Å². The van der Waals surface area contributed by atoms with E-state index in [-0.39, 0.29) is 6.29 Å². The van der Waals surface area contributed by atoms with E-state index < -0.39 is 0 Å².